The summed E-state index contributed by atoms with van der Waals surface area (Å²) in [6, 6.07) is 13.8. The van der Waals surface area contributed by atoms with Crippen molar-refractivity contribution in [1.29, 1.82) is 0 Å². The van der Waals surface area contributed by atoms with Gasteiger partial charge in [-0.1, -0.05) is 12.1 Å². The first-order valence-electron chi connectivity index (χ1n) is 12.8. The number of aromatic carboxylic acids is 1. The minimum atomic E-state index is -1.50. The lowest BCUT2D eigenvalue weighted by atomic mass is 10.1. The van der Waals surface area contributed by atoms with Gasteiger partial charge in [-0.2, -0.15) is 5.10 Å². The molecule has 0 spiro atoms. The van der Waals surface area contributed by atoms with Gasteiger partial charge in [0.15, 0.2) is 5.82 Å². The number of hydrogen-bond acceptors (Lipinski definition) is 6. The molecule has 3 aromatic carbocycles. The van der Waals surface area contributed by atoms with Crippen LogP contribution in [0.5, 0.6) is 0 Å². The summed E-state index contributed by atoms with van der Waals surface area (Å²) in [4.78, 5) is 32.4. The smallest absolute Gasteiger partial charge is 0.341 e. The summed E-state index contributed by atoms with van der Waals surface area (Å²) in [6.45, 7) is 1.83. The molecule has 1 aliphatic rings. The van der Waals surface area contributed by atoms with Gasteiger partial charge in [0, 0.05) is 43.8 Å². The van der Waals surface area contributed by atoms with Crippen molar-refractivity contribution >= 4 is 28.2 Å². The van der Waals surface area contributed by atoms with Crippen LogP contribution in [0.3, 0.4) is 0 Å². The maximum atomic E-state index is 16.3. The lowest BCUT2D eigenvalue weighted by Crippen LogP contribution is -2.47. The zero-order valence-corrected chi connectivity index (χ0v) is 21.5. The number of hydrogen-bond donors (Lipinski definition) is 1. The molecule has 0 atom stereocenters. The van der Waals surface area contributed by atoms with Crippen molar-refractivity contribution in [2.45, 2.75) is 6.54 Å². The number of carbonyl (C=O) groups is 1. The van der Waals surface area contributed by atoms with Crippen LogP contribution in [-0.4, -0.2) is 56.6 Å². The molecule has 5 aromatic rings. The molecule has 0 aliphatic carbocycles. The molecule has 2 aromatic heterocycles. The van der Waals surface area contributed by atoms with E-state index < -0.39 is 28.6 Å². The van der Waals surface area contributed by atoms with Gasteiger partial charge in [0.05, 0.1) is 17.4 Å². The van der Waals surface area contributed by atoms with E-state index in [0.717, 1.165) is 23.5 Å². The van der Waals surface area contributed by atoms with Crippen molar-refractivity contribution in [2.24, 2.45) is 0 Å². The molecule has 0 radical (unpaired) electrons. The summed E-state index contributed by atoms with van der Waals surface area (Å²) in [7, 11) is 0. The Morgan fingerprint density at radius 2 is 1.56 bits per heavy atom. The highest BCUT2D eigenvalue weighted by Crippen LogP contribution is 2.32. The number of aromatic nitrogens is 4. The number of carboxylic acid groups (broad SMARTS) is 1. The summed E-state index contributed by atoms with van der Waals surface area (Å²) >= 11 is 0. The fourth-order valence-electron chi connectivity index (χ4n) is 5.15. The quantitative estimate of drug-likeness (QED) is 0.335. The lowest BCUT2D eigenvalue weighted by molar-refractivity contribution is 0.0695. The van der Waals surface area contributed by atoms with Gasteiger partial charge in [-0.25, -0.2) is 27.6 Å². The maximum Gasteiger partial charge on any atom is 0.341 e. The number of anilines is 2. The van der Waals surface area contributed by atoms with Crippen LogP contribution < -0.4 is 15.2 Å². The minimum absolute atomic E-state index is 0.221. The molecule has 0 amide bonds. The number of benzene rings is 3. The molecule has 12 heteroatoms. The summed E-state index contributed by atoms with van der Waals surface area (Å²) in [5.74, 6) is -3.78. The van der Waals surface area contributed by atoms with Crippen LogP contribution >= 0.6 is 0 Å². The first kappa shape index (κ1) is 26.1. The summed E-state index contributed by atoms with van der Waals surface area (Å²) < 4.78 is 48.0. The maximum absolute atomic E-state index is 16.3. The molecule has 0 unspecified atom stereocenters. The topological polar surface area (TPSA) is 96.5 Å². The van der Waals surface area contributed by atoms with Crippen molar-refractivity contribution in [1.82, 2.24) is 19.3 Å². The van der Waals surface area contributed by atoms with Crippen molar-refractivity contribution in [3.63, 3.8) is 0 Å². The van der Waals surface area contributed by atoms with E-state index in [4.69, 9.17) is 0 Å². The molecule has 1 saturated heterocycles. The highest BCUT2D eigenvalue weighted by atomic mass is 19.1. The normalized spacial score (nSPS) is 13.6. The standard InChI is InChI=1S/C29H23F3N6O3/c30-19-3-7-20(8-4-19)35-9-11-36(12-10-35)27-24(31)13-22-26(25(27)32)38(15-23(28(22)39)29(40)41)21-5-1-18(2-6-21)14-37-17-33-16-34-37/h1-8,13,15-17H,9-12,14H2,(H,40,41). The van der Waals surface area contributed by atoms with Crippen molar-refractivity contribution in [3.05, 3.63) is 112 Å². The zero-order valence-electron chi connectivity index (χ0n) is 21.5. The fraction of sp³-hybridized carbons (Fsp3) is 0.172. The van der Waals surface area contributed by atoms with Crippen molar-refractivity contribution in [3.8, 4) is 5.69 Å². The van der Waals surface area contributed by atoms with Crippen LogP contribution in [-0.2, 0) is 6.54 Å². The van der Waals surface area contributed by atoms with E-state index >= 15 is 8.78 Å². The van der Waals surface area contributed by atoms with E-state index in [9.17, 15) is 19.1 Å². The third-order valence-electron chi connectivity index (χ3n) is 7.20. The lowest BCUT2D eigenvalue weighted by Gasteiger charge is -2.37. The summed E-state index contributed by atoms with van der Waals surface area (Å²) in [6.07, 6.45) is 4.04. The van der Waals surface area contributed by atoms with E-state index in [0.29, 0.717) is 25.3 Å². The first-order valence-corrected chi connectivity index (χ1v) is 12.8. The Bertz CT molecular complexity index is 1800. The highest BCUT2D eigenvalue weighted by molar-refractivity contribution is 5.94. The second kappa shape index (κ2) is 10.5. The molecule has 1 aliphatic heterocycles. The van der Waals surface area contributed by atoms with Crippen LogP contribution in [0.1, 0.15) is 15.9 Å². The predicted molar refractivity (Wildman–Crippen MR) is 146 cm³/mol. The van der Waals surface area contributed by atoms with Crippen LogP contribution in [0.15, 0.2) is 78.2 Å². The van der Waals surface area contributed by atoms with Gasteiger partial charge in [-0.3, -0.25) is 4.79 Å². The highest BCUT2D eigenvalue weighted by Gasteiger charge is 2.28. The molecular formula is C29H23F3N6O3. The molecule has 1 fully saturated rings. The van der Waals surface area contributed by atoms with Crippen LogP contribution in [0.4, 0.5) is 24.5 Å². The largest absolute Gasteiger partial charge is 0.477 e. The number of nitrogens with zero attached hydrogens (tertiary/aromatic N) is 6. The van der Waals surface area contributed by atoms with E-state index in [1.54, 1.807) is 52.3 Å². The Morgan fingerprint density at radius 1 is 0.902 bits per heavy atom. The molecule has 41 heavy (non-hydrogen) atoms. The summed E-state index contributed by atoms with van der Waals surface area (Å²) in [5, 5.41) is 13.4. The van der Waals surface area contributed by atoms with Crippen LogP contribution in [0.25, 0.3) is 16.6 Å². The van der Waals surface area contributed by atoms with Gasteiger partial charge in [0.25, 0.3) is 0 Å². The number of fused-ring (bicyclic) bond motifs is 1. The molecular weight excluding hydrogens is 537 g/mol. The number of piperazine rings is 1. The monoisotopic (exact) mass is 560 g/mol. The van der Waals surface area contributed by atoms with E-state index in [1.807, 2.05) is 4.90 Å². The van der Waals surface area contributed by atoms with Gasteiger partial charge in [-0.15, -0.1) is 0 Å². The van der Waals surface area contributed by atoms with Gasteiger partial charge in [0.2, 0.25) is 5.43 Å². The molecule has 0 saturated carbocycles. The van der Waals surface area contributed by atoms with E-state index in [1.165, 1.54) is 23.0 Å². The van der Waals surface area contributed by atoms with Gasteiger partial charge >= 0.3 is 5.97 Å². The minimum Gasteiger partial charge on any atom is -0.477 e. The number of carboxylic acids is 1. The first-order chi connectivity index (χ1) is 19.8. The SMILES string of the molecule is O=C(O)c1cn(-c2ccc(Cn3cncn3)cc2)c2c(F)c(N3CCN(c4ccc(F)cc4)CC3)c(F)cc2c1=O. The number of rotatable bonds is 6. The van der Waals surface area contributed by atoms with Crippen LogP contribution in [0.2, 0.25) is 0 Å². The molecule has 0 bridgehead atoms. The number of halogens is 3. The fourth-order valence-corrected chi connectivity index (χ4v) is 5.15. The Kier molecular flexibility index (Phi) is 6.66. The van der Waals surface area contributed by atoms with Gasteiger partial charge < -0.3 is 19.5 Å². The molecule has 1 N–H and O–H groups in total. The van der Waals surface area contributed by atoms with Crippen LogP contribution in [0, 0.1) is 17.5 Å². The van der Waals surface area contributed by atoms with Crippen molar-refractivity contribution < 1.29 is 23.1 Å². The molecule has 208 valence electrons. The van der Waals surface area contributed by atoms with Gasteiger partial charge in [0.1, 0.15) is 35.5 Å². The van der Waals surface area contributed by atoms with Crippen molar-refractivity contribution in [2.75, 3.05) is 36.0 Å². The third-order valence-corrected chi connectivity index (χ3v) is 7.20. The Balaban J connectivity index is 1.40. The average molecular weight is 561 g/mol. The second-order valence-corrected chi connectivity index (χ2v) is 9.67. The Hall–Kier alpha value is -5.13. The van der Waals surface area contributed by atoms with Gasteiger partial charge in [-0.05, 0) is 48.0 Å². The second-order valence-electron chi connectivity index (χ2n) is 9.67. The van der Waals surface area contributed by atoms with E-state index in [2.05, 4.69) is 10.1 Å². The zero-order chi connectivity index (χ0) is 28.7. The number of pyridine rings is 1. The summed E-state index contributed by atoms with van der Waals surface area (Å²) in [5.41, 5.74) is -0.0584. The Morgan fingerprint density at radius 3 is 2.20 bits per heavy atom. The third kappa shape index (κ3) is 4.88. The van der Waals surface area contributed by atoms with E-state index in [-0.39, 0.29) is 35.5 Å². The Labute approximate surface area is 231 Å². The molecule has 3 heterocycles. The average Bonchev–Trinajstić information content (AvgIpc) is 3.48. The predicted octanol–water partition coefficient (Wildman–Crippen LogP) is 4.07. The molecule has 6 rings (SSSR count). The molecule has 9 nitrogen and oxygen atoms in total.